The molecule has 0 atom stereocenters. The minimum Gasteiger partial charge on any atom is -0.506 e. The third-order valence-electron chi connectivity index (χ3n) is 10.4. The molecule has 0 unspecified atom stereocenters. The minimum absolute atomic E-state index is 0.0137. The standard InChI is InChI=1S/C41H22F6N4O11/c42-40(43,44)39(41(45,46)47,19-1-7-27(29(52)15-19)50-33(56)11-12-34(50)57)20-2-8-28(30(53)16-20)51-37(60)24-6-4-22(18-26(24)38(51)61)62-21-3-5-23-25(17-21)36(59)49(35(23)58)14-13-48-31(54)9-10-32(48)55/h1-12,15-18,52-53H,13-14H2. The number of anilines is 2. The summed E-state index contributed by atoms with van der Waals surface area (Å²) in [6, 6.07) is 8.88. The number of ether oxygens (including phenoxy) is 1. The van der Waals surface area contributed by atoms with E-state index in [1.807, 2.05) is 0 Å². The number of phenolic OH excluding ortho intramolecular Hbond substituents is 2. The number of fused-ring (bicyclic) bond motifs is 2. The van der Waals surface area contributed by atoms with E-state index in [1.165, 1.54) is 24.3 Å². The number of nitrogens with zero attached hydrogens (tertiary/aromatic N) is 4. The number of hydrogen-bond acceptors (Lipinski definition) is 11. The number of halogens is 6. The van der Waals surface area contributed by atoms with Gasteiger partial charge < -0.3 is 14.9 Å². The van der Waals surface area contributed by atoms with Gasteiger partial charge in [-0.05, 0) is 71.8 Å². The van der Waals surface area contributed by atoms with Crippen molar-refractivity contribution >= 4 is 58.6 Å². The maximum absolute atomic E-state index is 15.0. The van der Waals surface area contributed by atoms with Crippen LogP contribution in [-0.2, 0) is 24.6 Å². The smallest absolute Gasteiger partial charge is 0.411 e. The molecule has 62 heavy (non-hydrogen) atoms. The van der Waals surface area contributed by atoms with Gasteiger partial charge in [-0.1, -0.05) is 12.1 Å². The average Bonchev–Trinajstić information content (AvgIpc) is 3.86. The van der Waals surface area contributed by atoms with Crippen LogP contribution in [0.2, 0.25) is 0 Å². The number of carbonyl (C=O) groups excluding carboxylic acids is 8. The van der Waals surface area contributed by atoms with Gasteiger partial charge in [0.05, 0.1) is 33.6 Å². The van der Waals surface area contributed by atoms with Crippen LogP contribution in [-0.4, -0.2) is 92.7 Å². The quantitative estimate of drug-likeness (QED) is 0.169. The van der Waals surface area contributed by atoms with Gasteiger partial charge in [0.1, 0.15) is 23.0 Å². The van der Waals surface area contributed by atoms with E-state index in [-0.39, 0.29) is 65.0 Å². The summed E-state index contributed by atoms with van der Waals surface area (Å²) in [6.07, 6.45) is -8.85. The summed E-state index contributed by atoms with van der Waals surface area (Å²) in [7, 11) is 0. The third kappa shape index (κ3) is 6.06. The molecule has 0 bridgehead atoms. The molecule has 21 heteroatoms. The summed E-state index contributed by atoms with van der Waals surface area (Å²) in [5.41, 5.74) is -10.6. The first-order valence-electron chi connectivity index (χ1n) is 17.8. The van der Waals surface area contributed by atoms with Crippen molar-refractivity contribution in [3.05, 3.63) is 130 Å². The predicted octanol–water partition coefficient (Wildman–Crippen LogP) is 5.05. The number of alkyl halides is 6. The Bertz CT molecular complexity index is 2780. The van der Waals surface area contributed by atoms with E-state index in [1.54, 1.807) is 0 Å². The van der Waals surface area contributed by atoms with Crippen LogP contribution in [0, 0.1) is 0 Å². The van der Waals surface area contributed by atoms with Crippen molar-refractivity contribution in [3.8, 4) is 23.0 Å². The lowest BCUT2D eigenvalue weighted by Crippen LogP contribution is -2.54. The molecule has 4 aromatic carbocycles. The number of hydrogen-bond donors (Lipinski definition) is 2. The molecule has 0 radical (unpaired) electrons. The Morgan fingerprint density at radius 2 is 0.855 bits per heavy atom. The number of imide groups is 4. The fourth-order valence-electron chi connectivity index (χ4n) is 7.54. The maximum Gasteiger partial charge on any atom is 0.411 e. The highest BCUT2D eigenvalue weighted by Crippen LogP contribution is 2.58. The van der Waals surface area contributed by atoms with Gasteiger partial charge in [-0.15, -0.1) is 0 Å². The highest BCUT2D eigenvalue weighted by atomic mass is 19.4. The predicted molar refractivity (Wildman–Crippen MR) is 196 cm³/mol. The van der Waals surface area contributed by atoms with Gasteiger partial charge in [0, 0.05) is 37.4 Å². The lowest BCUT2D eigenvalue weighted by Gasteiger charge is -2.38. The number of carbonyl (C=O) groups is 8. The zero-order chi connectivity index (χ0) is 44.8. The fourth-order valence-corrected chi connectivity index (χ4v) is 7.54. The van der Waals surface area contributed by atoms with Gasteiger partial charge in [0.2, 0.25) is 5.41 Å². The molecule has 15 nitrogen and oxygen atoms in total. The second kappa shape index (κ2) is 14.0. The highest BCUT2D eigenvalue weighted by molar-refractivity contribution is 6.35. The van der Waals surface area contributed by atoms with E-state index >= 15 is 0 Å². The second-order valence-electron chi connectivity index (χ2n) is 13.9. The first kappa shape index (κ1) is 40.7. The van der Waals surface area contributed by atoms with Gasteiger partial charge in [0.25, 0.3) is 47.3 Å². The zero-order valence-electron chi connectivity index (χ0n) is 30.8. The van der Waals surface area contributed by atoms with Gasteiger partial charge in [-0.25, -0.2) is 9.80 Å². The summed E-state index contributed by atoms with van der Waals surface area (Å²) in [4.78, 5) is 103. The van der Waals surface area contributed by atoms with Crippen LogP contribution < -0.4 is 14.5 Å². The number of aromatic hydroxyl groups is 2. The minimum atomic E-state index is -6.24. The van der Waals surface area contributed by atoms with Crippen molar-refractivity contribution in [1.82, 2.24) is 9.80 Å². The van der Waals surface area contributed by atoms with Crippen LogP contribution in [0.25, 0.3) is 0 Å². The molecule has 0 spiro atoms. The van der Waals surface area contributed by atoms with Crippen molar-refractivity contribution in [2.75, 3.05) is 22.9 Å². The molecule has 0 aliphatic carbocycles. The average molecular weight is 861 g/mol. The first-order chi connectivity index (χ1) is 29.1. The van der Waals surface area contributed by atoms with Gasteiger partial charge in [-0.2, -0.15) is 26.3 Å². The molecule has 8 amide bonds. The first-order valence-corrected chi connectivity index (χ1v) is 17.8. The van der Waals surface area contributed by atoms with E-state index in [2.05, 4.69) is 0 Å². The number of benzene rings is 4. The topological polar surface area (TPSA) is 199 Å². The highest BCUT2D eigenvalue weighted by Gasteiger charge is 2.73. The van der Waals surface area contributed by atoms with E-state index < -0.39 is 99.0 Å². The number of rotatable bonds is 9. The SMILES string of the molecule is O=C1C=CC(=O)N1CCN1C(=O)c2ccc(Oc3ccc4c(c3)C(=O)N(c3ccc(C(c5ccc(N6C(=O)C=CC6=O)c(O)c5)(C(F)(F)F)C(F)(F)F)cc3O)C4=O)cc2C1=O. The molecule has 314 valence electrons. The molecule has 2 N–H and O–H groups in total. The van der Waals surface area contributed by atoms with Crippen LogP contribution in [0.15, 0.2) is 97.1 Å². The van der Waals surface area contributed by atoms with Crippen molar-refractivity contribution in [2.45, 2.75) is 17.8 Å². The molecule has 0 fully saturated rings. The Labute approximate surface area is 341 Å². The van der Waals surface area contributed by atoms with Crippen LogP contribution >= 0.6 is 0 Å². The molecule has 4 aliphatic heterocycles. The van der Waals surface area contributed by atoms with Crippen LogP contribution in [0.3, 0.4) is 0 Å². The molecular weight excluding hydrogens is 838 g/mol. The molecule has 4 aromatic rings. The third-order valence-corrected chi connectivity index (χ3v) is 10.4. The van der Waals surface area contributed by atoms with Crippen LogP contribution in [0.1, 0.15) is 52.6 Å². The summed E-state index contributed by atoms with van der Waals surface area (Å²) < 4.78 is 95.5. The van der Waals surface area contributed by atoms with E-state index in [0.717, 1.165) is 46.2 Å². The van der Waals surface area contributed by atoms with E-state index in [0.29, 0.717) is 28.0 Å². The monoisotopic (exact) mass is 860 g/mol. The molecule has 0 aromatic heterocycles. The van der Waals surface area contributed by atoms with Crippen LogP contribution in [0.5, 0.6) is 23.0 Å². The Morgan fingerprint density at radius 3 is 1.34 bits per heavy atom. The summed E-state index contributed by atoms with van der Waals surface area (Å²) in [5, 5.41) is 21.5. The normalized spacial score (nSPS) is 16.5. The van der Waals surface area contributed by atoms with Crippen molar-refractivity contribution in [2.24, 2.45) is 0 Å². The number of phenols is 2. The molecule has 4 aliphatic rings. The van der Waals surface area contributed by atoms with Crippen molar-refractivity contribution < 1.29 is 79.6 Å². The lowest BCUT2D eigenvalue weighted by molar-refractivity contribution is -0.288. The largest absolute Gasteiger partial charge is 0.506 e. The van der Waals surface area contributed by atoms with Gasteiger partial charge in [0.15, 0.2) is 0 Å². The van der Waals surface area contributed by atoms with Crippen molar-refractivity contribution in [1.29, 1.82) is 0 Å². The summed E-state index contributed by atoms with van der Waals surface area (Å²) in [6.45, 7) is -0.554. The molecule has 4 heterocycles. The fraction of sp³-hybridized carbons (Fsp3) is 0.122. The molecule has 0 saturated heterocycles. The second-order valence-corrected chi connectivity index (χ2v) is 13.9. The summed E-state index contributed by atoms with van der Waals surface area (Å²) in [5.74, 6) is -9.84. The Balaban J connectivity index is 1.06. The maximum atomic E-state index is 15.0. The van der Waals surface area contributed by atoms with Crippen molar-refractivity contribution in [3.63, 3.8) is 0 Å². The van der Waals surface area contributed by atoms with Gasteiger partial charge in [-0.3, -0.25) is 48.2 Å². The van der Waals surface area contributed by atoms with Gasteiger partial charge >= 0.3 is 12.4 Å². The zero-order valence-corrected chi connectivity index (χ0v) is 30.8. The van der Waals surface area contributed by atoms with Crippen LogP contribution in [0.4, 0.5) is 37.7 Å². The lowest BCUT2D eigenvalue weighted by atomic mass is 9.72. The Kier molecular flexibility index (Phi) is 9.18. The molecule has 0 saturated carbocycles. The Hall–Kier alpha value is -8.10. The Morgan fingerprint density at radius 1 is 0.452 bits per heavy atom. The molecular formula is C41H22F6N4O11. The summed E-state index contributed by atoms with van der Waals surface area (Å²) >= 11 is 0. The number of amides is 8. The molecule has 8 rings (SSSR count). The van der Waals surface area contributed by atoms with E-state index in [9.17, 15) is 74.9 Å². The van der Waals surface area contributed by atoms with E-state index in [4.69, 9.17) is 4.74 Å².